The van der Waals surface area contributed by atoms with Gasteiger partial charge in [0.2, 0.25) is 5.91 Å². The first-order valence-corrected chi connectivity index (χ1v) is 9.95. The molecule has 30 heavy (non-hydrogen) atoms. The Balaban J connectivity index is 1.59. The molecule has 0 unspecified atom stereocenters. The first kappa shape index (κ1) is 21.2. The van der Waals surface area contributed by atoms with E-state index in [1.807, 2.05) is 62.4 Å². The molecule has 0 aliphatic rings. The van der Waals surface area contributed by atoms with Crippen LogP contribution < -0.4 is 16.0 Å². The largest absolute Gasteiger partial charge is 0.332 e. The monoisotopic (exact) mass is 417 g/mol. The summed E-state index contributed by atoms with van der Waals surface area (Å²) in [6, 6.07) is 22.3. The minimum absolute atomic E-state index is 0.185. The van der Waals surface area contributed by atoms with Gasteiger partial charge in [0.05, 0.1) is 6.42 Å². The number of aryl methyl sites for hydroxylation is 2. The quantitative estimate of drug-likeness (QED) is 0.530. The summed E-state index contributed by atoms with van der Waals surface area (Å²) in [5.74, 6) is -0.422. The van der Waals surface area contributed by atoms with E-state index in [2.05, 4.69) is 16.0 Å². The molecule has 0 aliphatic carbocycles. The molecule has 2 amide bonds. The molecule has 0 aromatic heterocycles. The second kappa shape index (κ2) is 9.80. The number of carbonyl (C=O) groups is 2. The highest BCUT2D eigenvalue weighted by molar-refractivity contribution is 7.80. The Bertz CT molecular complexity index is 1100. The van der Waals surface area contributed by atoms with Gasteiger partial charge in [-0.15, -0.1) is 0 Å². The van der Waals surface area contributed by atoms with Gasteiger partial charge >= 0.3 is 0 Å². The van der Waals surface area contributed by atoms with Crippen LogP contribution in [0.1, 0.15) is 27.0 Å². The third kappa shape index (κ3) is 5.99. The van der Waals surface area contributed by atoms with Crippen LogP contribution >= 0.6 is 12.2 Å². The predicted molar refractivity (Wildman–Crippen MR) is 125 cm³/mol. The van der Waals surface area contributed by atoms with Crippen molar-refractivity contribution in [2.45, 2.75) is 20.3 Å². The van der Waals surface area contributed by atoms with Crippen molar-refractivity contribution in [2.24, 2.45) is 0 Å². The number of benzene rings is 3. The smallest absolute Gasteiger partial charge is 0.255 e. The van der Waals surface area contributed by atoms with Crippen LogP contribution in [0.4, 0.5) is 11.4 Å². The first-order valence-electron chi connectivity index (χ1n) is 9.54. The van der Waals surface area contributed by atoms with Gasteiger partial charge in [-0.05, 0) is 73.1 Å². The Morgan fingerprint density at radius 2 is 1.53 bits per heavy atom. The van der Waals surface area contributed by atoms with E-state index < -0.39 is 0 Å². The summed E-state index contributed by atoms with van der Waals surface area (Å²) in [6.07, 6.45) is 0.243. The molecule has 0 spiro atoms. The highest BCUT2D eigenvalue weighted by Gasteiger charge is 2.10. The number of amides is 2. The van der Waals surface area contributed by atoms with Crippen molar-refractivity contribution in [3.63, 3.8) is 0 Å². The third-order valence-electron chi connectivity index (χ3n) is 4.52. The van der Waals surface area contributed by atoms with E-state index in [1.54, 1.807) is 24.3 Å². The maximum Gasteiger partial charge on any atom is 0.255 e. The SMILES string of the molecule is Cc1cccc(NC(=O)c2cccc(NC(=S)NC(=O)Cc3ccccc3C)c2)c1. The van der Waals surface area contributed by atoms with Crippen LogP contribution in [-0.2, 0) is 11.2 Å². The lowest BCUT2D eigenvalue weighted by molar-refractivity contribution is -0.119. The zero-order chi connectivity index (χ0) is 21.5. The van der Waals surface area contributed by atoms with E-state index >= 15 is 0 Å². The van der Waals surface area contributed by atoms with E-state index in [0.717, 1.165) is 22.4 Å². The van der Waals surface area contributed by atoms with Gasteiger partial charge in [0.1, 0.15) is 0 Å². The Kier molecular flexibility index (Phi) is 6.93. The van der Waals surface area contributed by atoms with E-state index in [1.165, 1.54) is 0 Å². The molecule has 3 rings (SSSR count). The molecule has 3 N–H and O–H groups in total. The second-order valence-corrected chi connectivity index (χ2v) is 7.42. The number of carbonyl (C=O) groups excluding carboxylic acids is 2. The van der Waals surface area contributed by atoms with Gasteiger partial charge < -0.3 is 16.0 Å². The predicted octanol–water partition coefficient (Wildman–Crippen LogP) is 4.61. The molecule has 3 aromatic carbocycles. The van der Waals surface area contributed by atoms with Crippen LogP contribution in [0.15, 0.2) is 72.8 Å². The number of anilines is 2. The maximum atomic E-state index is 12.5. The normalized spacial score (nSPS) is 10.2. The fourth-order valence-corrected chi connectivity index (χ4v) is 3.21. The topological polar surface area (TPSA) is 70.2 Å². The van der Waals surface area contributed by atoms with Crippen LogP contribution in [0.3, 0.4) is 0 Å². The lowest BCUT2D eigenvalue weighted by Gasteiger charge is -2.12. The molecule has 152 valence electrons. The van der Waals surface area contributed by atoms with Crippen molar-refractivity contribution in [1.82, 2.24) is 5.32 Å². The molecule has 0 bridgehead atoms. The average Bonchev–Trinajstić information content (AvgIpc) is 2.70. The molecule has 0 atom stereocenters. The van der Waals surface area contributed by atoms with Crippen LogP contribution in [0.25, 0.3) is 0 Å². The number of thiocarbonyl (C=S) groups is 1. The van der Waals surface area contributed by atoms with Crippen LogP contribution in [0, 0.1) is 13.8 Å². The summed E-state index contributed by atoms with van der Waals surface area (Å²) in [5.41, 5.74) is 4.91. The molecule has 3 aromatic rings. The molecule has 0 saturated heterocycles. The fourth-order valence-electron chi connectivity index (χ4n) is 2.98. The zero-order valence-corrected chi connectivity index (χ0v) is 17.7. The standard InChI is InChI=1S/C24H23N3O2S/c1-16-7-5-11-20(13-16)25-23(29)19-10-6-12-21(14-19)26-24(30)27-22(28)15-18-9-4-3-8-17(18)2/h3-14H,15H2,1-2H3,(H,25,29)(H2,26,27,28,30). The Labute approximate surface area is 181 Å². The van der Waals surface area contributed by atoms with E-state index in [0.29, 0.717) is 11.3 Å². The molecule has 0 saturated carbocycles. The lowest BCUT2D eigenvalue weighted by atomic mass is 10.1. The number of hydrogen-bond acceptors (Lipinski definition) is 3. The minimum atomic E-state index is -0.223. The third-order valence-corrected chi connectivity index (χ3v) is 4.73. The number of nitrogens with one attached hydrogen (secondary N) is 3. The fraction of sp³-hybridized carbons (Fsp3) is 0.125. The summed E-state index contributed by atoms with van der Waals surface area (Å²) in [7, 11) is 0. The van der Waals surface area contributed by atoms with Crippen molar-refractivity contribution >= 4 is 40.5 Å². The van der Waals surface area contributed by atoms with Crippen LogP contribution in [-0.4, -0.2) is 16.9 Å². The Morgan fingerprint density at radius 3 is 2.27 bits per heavy atom. The molecule has 5 nitrogen and oxygen atoms in total. The summed E-state index contributed by atoms with van der Waals surface area (Å²) >= 11 is 5.25. The number of hydrogen-bond donors (Lipinski definition) is 3. The Hall–Kier alpha value is -3.51. The summed E-state index contributed by atoms with van der Waals surface area (Å²) in [5, 5.41) is 8.70. The van der Waals surface area contributed by atoms with Gasteiger partial charge in [0.25, 0.3) is 5.91 Å². The van der Waals surface area contributed by atoms with Gasteiger partial charge in [-0.1, -0.05) is 42.5 Å². The second-order valence-electron chi connectivity index (χ2n) is 7.01. The van der Waals surface area contributed by atoms with Crippen LogP contribution in [0.2, 0.25) is 0 Å². The molecular weight excluding hydrogens is 394 g/mol. The highest BCUT2D eigenvalue weighted by Crippen LogP contribution is 2.15. The summed E-state index contributed by atoms with van der Waals surface area (Å²) < 4.78 is 0. The van der Waals surface area contributed by atoms with Gasteiger partial charge in [-0.25, -0.2) is 0 Å². The van der Waals surface area contributed by atoms with Crippen molar-refractivity contribution < 1.29 is 9.59 Å². The van der Waals surface area contributed by atoms with E-state index in [9.17, 15) is 9.59 Å². The number of rotatable bonds is 5. The van der Waals surface area contributed by atoms with Gasteiger partial charge in [-0.3, -0.25) is 9.59 Å². The molecule has 6 heteroatoms. The lowest BCUT2D eigenvalue weighted by Crippen LogP contribution is -2.35. The maximum absolute atomic E-state index is 12.5. The molecule has 0 fully saturated rings. The molecule has 0 radical (unpaired) electrons. The molecule has 0 heterocycles. The highest BCUT2D eigenvalue weighted by atomic mass is 32.1. The van der Waals surface area contributed by atoms with Gasteiger partial charge in [-0.2, -0.15) is 0 Å². The van der Waals surface area contributed by atoms with Crippen molar-refractivity contribution in [3.05, 3.63) is 95.1 Å². The van der Waals surface area contributed by atoms with Crippen molar-refractivity contribution in [1.29, 1.82) is 0 Å². The summed E-state index contributed by atoms with van der Waals surface area (Å²) in [4.78, 5) is 24.8. The van der Waals surface area contributed by atoms with Gasteiger partial charge in [0.15, 0.2) is 5.11 Å². The van der Waals surface area contributed by atoms with Crippen molar-refractivity contribution in [2.75, 3.05) is 10.6 Å². The van der Waals surface area contributed by atoms with E-state index in [-0.39, 0.29) is 23.3 Å². The van der Waals surface area contributed by atoms with Crippen molar-refractivity contribution in [3.8, 4) is 0 Å². The first-order chi connectivity index (χ1) is 14.4. The molecule has 0 aliphatic heterocycles. The van der Waals surface area contributed by atoms with E-state index in [4.69, 9.17) is 12.2 Å². The zero-order valence-electron chi connectivity index (χ0n) is 16.9. The Morgan fingerprint density at radius 1 is 0.833 bits per heavy atom. The van der Waals surface area contributed by atoms with Gasteiger partial charge in [0, 0.05) is 16.9 Å². The van der Waals surface area contributed by atoms with Crippen LogP contribution in [0.5, 0.6) is 0 Å². The average molecular weight is 418 g/mol. The molecular formula is C24H23N3O2S. The minimum Gasteiger partial charge on any atom is -0.332 e. The summed E-state index contributed by atoms with van der Waals surface area (Å²) in [6.45, 7) is 3.93.